The van der Waals surface area contributed by atoms with Gasteiger partial charge in [0.15, 0.2) is 11.7 Å². The predicted molar refractivity (Wildman–Crippen MR) is 95.0 cm³/mol. The van der Waals surface area contributed by atoms with Gasteiger partial charge in [-0.3, -0.25) is 9.79 Å². The number of aliphatic imine (C=N–C) groups is 1. The van der Waals surface area contributed by atoms with Crippen molar-refractivity contribution in [1.29, 1.82) is 0 Å². The third-order valence-corrected chi connectivity index (χ3v) is 3.57. The highest BCUT2D eigenvalue weighted by molar-refractivity contribution is 5.92. The summed E-state index contributed by atoms with van der Waals surface area (Å²) in [4.78, 5) is 16.0. The van der Waals surface area contributed by atoms with E-state index in [4.69, 9.17) is 4.42 Å². The van der Waals surface area contributed by atoms with Crippen molar-refractivity contribution in [2.45, 2.75) is 19.9 Å². The number of aryl methyl sites for hydroxylation is 1. The van der Waals surface area contributed by atoms with Crippen LogP contribution in [-0.4, -0.2) is 32.0 Å². The molecule has 1 amide bonds. The summed E-state index contributed by atoms with van der Waals surface area (Å²) in [5.74, 6) is 0.499. The number of rotatable bonds is 7. The summed E-state index contributed by atoms with van der Waals surface area (Å²) in [6.45, 7) is 3.47. The average Bonchev–Trinajstić information content (AvgIpc) is 3.03. The third kappa shape index (κ3) is 5.95. The van der Waals surface area contributed by atoms with Crippen molar-refractivity contribution in [2.24, 2.45) is 4.99 Å². The van der Waals surface area contributed by atoms with Crippen LogP contribution in [0.1, 0.15) is 28.1 Å². The van der Waals surface area contributed by atoms with Crippen molar-refractivity contribution in [1.82, 2.24) is 16.0 Å². The largest absolute Gasteiger partial charge is 0.459 e. The fraction of sp³-hybridized carbons (Fsp3) is 0.333. The maximum Gasteiger partial charge on any atom is 0.287 e. The first-order chi connectivity index (χ1) is 12.1. The molecule has 0 atom stereocenters. The molecule has 0 saturated heterocycles. The lowest BCUT2D eigenvalue weighted by Crippen LogP contribution is -2.38. The number of halogens is 1. The molecule has 0 spiro atoms. The number of amides is 1. The van der Waals surface area contributed by atoms with Crippen LogP contribution in [0.3, 0.4) is 0 Å². The summed E-state index contributed by atoms with van der Waals surface area (Å²) in [6, 6.07) is 8.16. The fourth-order valence-corrected chi connectivity index (χ4v) is 2.24. The van der Waals surface area contributed by atoms with E-state index in [1.807, 2.05) is 13.0 Å². The molecule has 7 heteroatoms. The summed E-state index contributed by atoms with van der Waals surface area (Å²) in [6.07, 6.45) is 2.23. The highest BCUT2D eigenvalue weighted by atomic mass is 19.1. The molecule has 25 heavy (non-hydrogen) atoms. The van der Waals surface area contributed by atoms with Crippen molar-refractivity contribution >= 4 is 11.9 Å². The van der Waals surface area contributed by atoms with Gasteiger partial charge in [-0.2, -0.15) is 0 Å². The Kier molecular flexibility index (Phi) is 7.00. The van der Waals surface area contributed by atoms with Crippen molar-refractivity contribution in [3.8, 4) is 0 Å². The normalized spacial score (nSPS) is 11.2. The van der Waals surface area contributed by atoms with E-state index in [9.17, 15) is 9.18 Å². The Hall–Kier alpha value is -2.83. The van der Waals surface area contributed by atoms with Crippen LogP contribution < -0.4 is 16.0 Å². The average molecular weight is 346 g/mol. The van der Waals surface area contributed by atoms with Crippen LogP contribution in [0.5, 0.6) is 0 Å². The van der Waals surface area contributed by atoms with E-state index in [0.29, 0.717) is 31.4 Å². The van der Waals surface area contributed by atoms with Crippen molar-refractivity contribution < 1.29 is 13.6 Å². The van der Waals surface area contributed by atoms with Crippen LogP contribution in [-0.2, 0) is 6.54 Å². The molecule has 1 aromatic heterocycles. The van der Waals surface area contributed by atoms with E-state index in [-0.39, 0.29) is 11.7 Å². The van der Waals surface area contributed by atoms with E-state index < -0.39 is 0 Å². The first-order valence-electron chi connectivity index (χ1n) is 8.11. The number of hydrogen-bond donors (Lipinski definition) is 3. The summed E-state index contributed by atoms with van der Waals surface area (Å²) in [5.41, 5.74) is 1.65. The van der Waals surface area contributed by atoms with Gasteiger partial charge in [0.05, 0.1) is 6.26 Å². The second-order valence-corrected chi connectivity index (χ2v) is 5.52. The Morgan fingerprint density at radius 2 is 2.00 bits per heavy atom. The van der Waals surface area contributed by atoms with E-state index in [2.05, 4.69) is 20.9 Å². The van der Waals surface area contributed by atoms with Gasteiger partial charge in [-0.25, -0.2) is 4.39 Å². The number of guanidine groups is 1. The van der Waals surface area contributed by atoms with E-state index in [0.717, 1.165) is 17.5 Å². The molecule has 1 heterocycles. The third-order valence-electron chi connectivity index (χ3n) is 3.57. The molecule has 0 aliphatic carbocycles. The van der Waals surface area contributed by atoms with Crippen LogP contribution in [0, 0.1) is 12.7 Å². The van der Waals surface area contributed by atoms with E-state index in [1.165, 1.54) is 18.4 Å². The Morgan fingerprint density at radius 1 is 1.20 bits per heavy atom. The smallest absolute Gasteiger partial charge is 0.287 e. The van der Waals surface area contributed by atoms with Crippen LogP contribution in [0.2, 0.25) is 0 Å². The van der Waals surface area contributed by atoms with Gasteiger partial charge in [-0.1, -0.05) is 12.1 Å². The zero-order valence-electron chi connectivity index (χ0n) is 14.4. The molecule has 134 valence electrons. The van der Waals surface area contributed by atoms with Crippen molar-refractivity contribution in [3.63, 3.8) is 0 Å². The molecule has 0 bridgehead atoms. The maximum absolute atomic E-state index is 13.1. The van der Waals surface area contributed by atoms with Gasteiger partial charge in [0, 0.05) is 32.2 Å². The second-order valence-electron chi connectivity index (χ2n) is 5.52. The van der Waals surface area contributed by atoms with Gasteiger partial charge in [0.2, 0.25) is 0 Å². The zero-order valence-corrected chi connectivity index (χ0v) is 14.4. The van der Waals surface area contributed by atoms with E-state index in [1.54, 1.807) is 19.2 Å². The second kappa shape index (κ2) is 9.46. The molecule has 0 unspecified atom stereocenters. The topological polar surface area (TPSA) is 78.7 Å². The summed E-state index contributed by atoms with van der Waals surface area (Å²) in [7, 11) is 1.67. The lowest BCUT2D eigenvalue weighted by molar-refractivity contribution is 0.0925. The van der Waals surface area contributed by atoms with E-state index >= 15 is 0 Å². The minimum absolute atomic E-state index is 0.212. The Morgan fingerprint density at radius 3 is 2.68 bits per heavy atom. The molecule has 0 radical (unpaired) electrons. The van der Waals surface area contributed by atoms with Crippen LogP contribution in [0.15, 0.2) is 46.0 Å². The SMILES string of the molecule is CN=C(NCCCNC(=O)c1occc1C)NCc1cccc(F)c1. The minimum Gasteiger partial charge on any atom is -0.459 e. The van der Waals surface area contributed by atoms with Crippen molar-refractivity contribution in [2.75, 3.05) is 20.1 Å². The molecule has 3 N–H and O–H groups in total. The molecule has 0 saturated carbocycles. The van der Waals surface area contributed by atoms with Gasteiger partial charge in [0.1, 0.15) is 5.82 Å². The molecular weight excluding hydrogens is 323 g/mol. The number of furan rings is 1. The van der Waals surface area contributed by atoms with Crippen LogP contribution in [0.4, 0.5) is 4.39 Å². The minimum atomic E-state index is -0.259. The Balaban J connectivity index is 1.64. The van der Waals surface area contributed by atoms with Crippen LogP contribution in [0.25, 0.3) is 0 Å². The molecular formula is C18H23FN4O2. The summed E-state index contributed by atoms with van der Waals surface area (Å²) in [5, 5.41) is 9.06. The molecule has 0 aliphatic rings. The quantitative estimate of drug-likeness (QED) is 0.408. The van der Waals surface area contributed by atoms with Gasteiger partial charge in [-0.15, -0.1) is 0 Å². The van der Waals surface area contributed by atoms with Crippen LogP contribution >= 0.6 is 0 Å². The Bertz CT molecular complexity index is 727. The summed E-state index contributed by atoms with van der Waals surface area (Å²) >= 11 is 0. The highest BCUT2D eigenvalue weighted by Gasteiger charge is 2.11. The monoisotopic (exact) mass is 346 g/mol. The molecule has 1 aromatic carbocycles. The zero-order chi connectivity index (χ0) is 18.1. The number of carbonyl (C=O) groups excluding carboxylic acids is 1. The lowest BCUT2D eigenvalue weighted by atomic mass is 10.2. The fourth-order valence-electron chi connectivity index (χ4n) is 2.24. The molecule has 0 aliphatic heterocycles. The number of hydrogen-bond acceptors (Lipinski definition) is 3. The predicted octanol–water partition coefficient (Wildman–Crippen LogP) is 2.21. The number of nitrogens with zero attached hydrogens (tertiary/aromatic N) is 1. The molecule has 2 rings (SSSR count). The van der Waals surface area contributed by atoms with Gasteiger partial charge >= 0.3 is 0 Å². The van der Waals surface area contributed by atoms with Crippen molar-refractivity contribution in [3.05, 3.63) is 59.3 Å². The molecule has 6 nitrogen and oxygen atoms in total. The molecule has 0 fully saturated rings. The number of nitrogens with one attached hydrogen (secondary N) is 3. The number of benzene rings is 1. The first-order valence-corrected chi connectivity index (χ1v) is 8.11. The highest BCUT2D eigenvalue weighted by Crippen LogP contribution is 2.07. The standard InChI is InChI=1S/C18H23FN4O2/c1-13-7-10-25-16(13)17(24)21-8-4-9-22-18(20-2)23-12-14-5-3-6-15(19)11-14/h3,5-7,10-11H,4,8-9,12H2,1-2H3,(H,21,24)(H2,20,22,23). The lowest BCUT2D eigenvalue weighted by Gasteiger charge is -2.12. The molecule has 2 aromatic rings. The maximum atomic E-state index is 13.1. The first kappa shape index (κ1) is 18.5. The van der Waals surface area contributed by atoms with Gasteiger partial charge in [0.25, 0.3) is 5.91 Å². The number of carbonyl (C=O) groups is 1. The van der Waals surface area contributed by atoms with Gasteiger partial charge < -0.3 is 20.4 Å². The van der Waals surface area contributed by atoms with Gasteiger partial charge in [-0.05, 0) is 37.1 Å². The Labute approximate surface area is 146 Å². The summed E-state index contributed by atoms with van der Waals surface area (Å²) < 4.78 is 18.3.